The molecule has 0 aliphatic rings. The van der Waals surface area contributed by atoms with E-state index in [1.54, 1.807) is 6.20 Å². The molecule has 1 atom stereocenters. The fourth-order valence-corrected chi connectivity index (χ4v) is 3.19. The average molecular weight is 420 g/mol. The van der Waals surface area contributed by atoms with Crippen molar-refractivity contribution in [3.05, 3.63) is 83.9 Å². The molecule has 162 valence electrons. The highest BCUT2D eigenvalue weighted by atomic mass is 16.2. The van der Waals surface area contributed by atoms with Gasteiger partial charge in [0.15, 0.2) is 0 Å². The van der Waals surface area contributed by atoms with E-state index in [9.17, 15) is 9.59 Å². The summed E-state index contributed by atoms with van der Waals surface area (Å²) < 4.78 is 2.06. The molecule has 0 fully saturated rings. The molecule has 1 heterocycles. The van der Waals surface area contributed by atoms with Crippen molar-refractivity contribution in [1.29, 1.82) is 0 Å². The molecule has 0 aliphatic heterocycles. The van der Waals surface area contributed by atoms with Gasteiger partial charge in [0.25, 0.3) is 0 Å². The number of benzene rings is 2. The van der Waals surface area contributed by atoms with Crippen molar-refractivity contribution in [2.75, 3.05) is 5.32 Å². The summed E-state index contributed by atoms with van der Waals surface area (Å²) in [4.78, 5) is 29.3. The van der Waals surface area contributed by atoms with E-state index < -0.39 is 6.04 Å². The highest BCUT2D eigenvalue weighted by Crippen LogP contribution is 2.13. The maximum Gasteiger partial charge on any atom is 0.315 e. The second-order valence-corrected chi connectivity index (χ2v) is 7.82. The molecule has 0 spiro atoms. The van der Waals surface area contributed by atoms with Crippen LogP contribution in [0.1, 0.15) is 30.8 Å². The van der Waals surface area contributed by atoms with E-state index in [1.807, 2.05) is 81.6 Å². The third-order valence-electron chi connectivity index (χ3n) is 5.03. The van der Waals surface area contributed by atoms with Crippen LogP contribution in [0, 0.1) is 12.8 Å². The van der Waals surface area contributed by atoms with Gasteiger partial charge in [0.1, 0.15) is 11.9 Å². The summed E-state index contributed by atoms with van der Waals surface area (Å²) in [5.74, 6) is 0.641. The van der Waals surface area contributed by atoms with E-state index in [-0.39, 0.29) is 17.9 Å². The Morgan fingerprint density at radius 3 is 2.32 bits per heavy atom. The summed E-state index contributed by atoms with van der Waals surface area (Å²) in [5, 5.41) is 8.48. The Morgan fingerprint density at radius 2 is 1.71 bits per heavy atom. The summed E-state index contributed by atoms with van der Waals surface area (Å²) in [6.45, 7) is 6.88. The van der Waals surface area contributed by atoms with Crippen molar-refractivity contribution in [3.8, 4) is 0 Å². The zero-order chi connectivity index (χ0) is 22.2. The third kappa shape index (κ3) is 6.44. The number of imidazole rings is 1. The van der Waals surface area contributed by atoms with Crippen molar-refractivity contribution in [1.82, 2.24) is 20.2 Å². The molecule has 0 saturated heterocycles. The average Bonchev–Trinajstić information content (AvgIpc) is 3.16. The van der Waals surface area contributed by atoms with Gasteiger partial charge in [-0.25, -0.2) is 9.78 Å². The predicted octanol–water partition coefficient (Wildman–Crippen LogP) is 3.70. The number of hydrogen-bond donors (Lipinski definition) is 3. The largest absolute Gasteiger partial charge is 0.334 e. The van der Waals surface area contributed by atoms with Crippen LogP contribution < -0.4 is 16.0 Å². The zero-order valence-electron chi connectivity index (χ0n) is 18.1. The van der Waals surface area contributed by atoms with Gasteiger partial charge < -0.3 is 20.5 Å². The topological polar surface area (TPSA) is 88.1 Å². The van der Waals surface area contributed by atoms with Crippen LogP contribution in [0.25, 0.3) is 0 Å². The Kier molecular flexibility index (Phi) is 7.43. The van der Waals surface area contributed by atoms with Gasteiger partial charge in [-0.3, -0.25) is 4.79 Å². The fraction of sp³-hybridized carbons (Fsp3) is 0.292. The second-order valence-electron chi connectivity index (χ2n) is 7.82. The maximum atomic E-state index is 12.8. The monoisotopic (exact) mass is 419 g/mol. The van der Waals surface area contributed by atoms with E-state index in [0.717, 1.165) is 23.5 Å². The van der Waals surface area contributed by atoms with Gasteiger partial charge in [-0.1, -0.05) is 56.3 Å². The molecule has 0 saturated carbocycles. The number of aryl methyl sites for hydroxylation is 1. The molecule has 3 N–H and O–H groups in total. The lowest BCUT2D eigenvalue weighted by Gasteiger charge is -2.22. The molecule has 0 radical (unpaired) electrons. The zero-order valence-corrected chi connectivity index (χ0v) is 18.1. The Bertz CT molecular complexity index is 996. The minimum absolute atomic E-state index is 0.0639. The number of anilines is 1. The predicted molar refractivity (Wildman–Crippen MR) is 122 cm³/mol. The van der Waals surface area contributed by atoms with Crippen LogP contribution in [0.4, 0.5) is 10.5 Å². The van der Waals surface area contributed by atoms with Crippen LogP contribution in [0.5, 0.6) is 0 Å². The number of nitrogens with one attached hydrogen (secondary N) is 3. The summed E-state index contributed by atoms with van der Waals surface area (Å²) in [5.41, 5.74) is 2.79. The number of carbonyl (C=O) groups excluding carboxylic acids is 2. The number of carbonyl (C=O) groups is 2. The highest BCUT2D eigenvalue weighted by molar-refractivity contribution is 5.97. The number of rotatable bonds is 8. The molecule has 2 aromatic carbocycles. The number of nitrogens with zero attached hydrogens (tertiary/aromatic N) is 2. The van der Waals surface area contributed by atoms with Crippen molar-refractivity contribution in [3.63, 3.8) is 0 Å². The molecule has 3 aromatic rings. The first-order valence-corrected chi connectivity index (χ1v) is 10.4. The van der Waals surface area contributed by atoms with Crippen molar-refractivity contribution in [2.45, 2.75) is 39.9 Å². The molecule has 0 bridgehead atoms. The van der Waals surface area contributed by atoms with Crippen molar-refractivity contribution < 1.29 is 9.59 Å². The fourth-order valence-electron chi connectivity index (χ4n) is 3.19. The number of urea groups is 1. The molecule has 1 unspecified atom stereocenters. The lowest BCUT2D eigenvalue weighted by Crippen LogP contribution is -2.50. The minimum Gasteiger partial charge on any atom is -0.334 e. The van der Waals surface area contributed by atoms with Crippen LogP contribution in [0.15, 0.2) is 67.0 Å². The smallest absolute Gasteiger partial charge is 0.315 e. The van der Waals surface area contributed by atoms with Gasteiger partial charge in [-0.2, -0.15) is 0 Å². The minimum atomic E-state index is -0.649. The molecular weight excluding hydrogens is 390 g/mol. The van der Waals surface area contributed by atoms with Gasteiger partial charge in [-0.05, 0) is 36.1 Å². The van der Waals surface area contributed by atoms with Gasteiger partial charge in [-0.15, -0.1) is 0 Å². The summed E-state index contributed by atoms with van der Waals surface area (Å²) in [6.07, 6.45) is 3.71. The van der Waals surface area contributed by atoms with Gasteiger partial charge in [0, 0.05) is 31.2 Å². The number of hydrogen-bond acceptors (Lipinski definition) is 3. The van der Waals surface area contributed by atoms with Crippen LogP contribution in [-0.4, -0.2) is 27.5 Å². The van der Waals surface area contributed by atoms with Gasteiger partial charge >= 0.3 is 6.03 Å². The molecule has 31 heavy (non-hydrogen) atoms. The molecule has 3 rings (SSSR count). The Morgan fingerprint density at radius 1 is 1.00 bits per heavy atom. The van der Waals surface area contributed by atoms with Gasteiger partial charge in [0.05, 0.1) is 0 Å². The van der Waals surface area contributed by atoms with E-state index in [1.165, 1.54) is 0 Å². The first-order chi connectivity index (χ1) is 14.9. The van der Waals surface area contributed by atoms with Crippen LogP contribution >= 0.6 is 0 Å². The SMILES string of the molecule is Cc1nccn1Cc1ccc(NC(=O)C(NC(=O)NCc2ccccc2)C(C)C)cc1. The quantitative estimate of drug-likeness (QED) is 0.520. The highest BCUT2D eigenvalue weighted by Gasteiger charge is 2.24. The molecule has 3 amide bonds. The standard InChI is InChI=1S/C24H29N5O2/c1-17(2)22(28-24(31)26-15-19-7-5-4-6-8-19)23(30)27-21-11-9-20(10-12-21)16-29-14-13-25-18(29)3/h4-14,17,22H,15-16H2,1-3H3,(H,27,30)(H2,26,28,31). The summed E-state index contributed by atoms with van der Waals surface area (Å²) >= 11 is 0. The molecular formula is C24H29N5O2. The Labute approximate surface area is 182 Å². The second kappa shape index (κ2) is 10.4. The van der Waals surface area contributed by atoms with Crippen LogP contribution in [0.3, 0.4) is 0 Å². The van der Waals surface area contributed by atoms with E-state index in [4.69, 9.17) is 0 Å². The molecule has 1 aromatic heterocycles. The third-order valence-corrected chi connectivity index (χ3v) is 5.03. The van der Waals surface area contributed by atoms with Gasteiger partial charge in [0.2, 0.25) is 5.91 Å². The van der Waals surface area contributed by atoms with E-state index in [0.29, 0.717) is 12.2 Å². The first-order valence-electron chi connectivity index (χ1n) is 10.4. The maximum absolute atomic E-state index is 12.8. The summed E-state index contributed by atoms with van der Waals surface area (Å²) in [7, 11) is 0. The normalized spacial score (nSPS) is 11.7. The lowest BCUT2D eigenvalue weighted by molar-refractivity contribution is -0.118. The van der Waals surface area contributed by atoms with E-state index >= 15 is 0 Å². The van der Waals surface area contributed by atoms with Crippen molar-refractivity contribution in [2.24, 2.45) is 5.92 Å². The number of amides is 3. The molecule has 7 heteroatoms. The molecule has 0 aliphatic carbocycles. The van der Waals surface area contributed by atoms with Crippen molar-refractivity contribution >= 4 is 17.6 Å². The molecule has 7 nitrogen and oxygen atoms in total. The Hall–Kier alpha value is -3.61. The Balaban J connectivity index is 1.54. The lowest BCUT2D eigenvalue weighted by atomic mass is 10.0. The van der Waals surface area contributed by atoms with Crippen LogP contribution in [0.2, 0.25) is 0 Å². The first kappa shape index (κ1) is 22.1. The number of aromatic nitrogens is 2. The van der Waals surface area contributed by atoms with E-state index in [2.05, 4.69) is 25.5 Å². The summed E-state index contributed by atoms with van der Waals surface area (Å²) in [6, 6.07) is 16.3. The van der Waals surface area contributed by atoms with Crippen LogP contribution in [-0.2, 0) is 17.9 Å².